The van der Waals surface area contributed by atoms with Crippen molar-refractivity contribution in [2.75, 3.05) is 0 Å². The van der Waals surface area contributed by atoms with Gasteiger partial charge in [-0.15, -0.1) is 0 Å². The van der Waals surface area contributed by atoms with Crippen LogP contribution in [0.4, 0.5) is 0 Å². The molecule has 0 radical (unpaired) electrons. The number of rotatable bonds is 1. The van der Waals surface area contributed by atoms with Gasteiger partial charge in [-0.2, -0.15) is 0 Å². The SMILES string of the molecule is CC(C)(C)c1oc(C(=O)Cl)c2c1CCCC2. The number of halogens is 1. The average Bonchev–Trinajstić information content (AvgIpc) is 2.56. The van der Waals surface area contributed by atoms with Crippen LogP contribution in [0.2, 0.25) is 0 Å². The van der Waals surface area contributed by atoms with Crippen molar-refractivity contribution in [3.63, 3.8) is 0 Å². The Morgan fingerprint density at radius 3 is 2.25 bits per heavy atom. The highest BCUT2D eigenvalue weighted by molar-refractivity contribution is 6.67. The van der Waals surface area contributed by atoms with Crippen LogP contribution in [0.5, 0.6) is 0 Å². The maximum absolute atomic E-state index is 11.3. The van der Waals surface area contributed by atoms with Crippen LogP contribution in [-0.4, -0.2) is 5.24 Å². The van der Waals surface area contributed by atoms with E-state index < -0.39 is 5.24 Å². The van der Waals surface area contributed by atoms with Crippen LogP contribution < -0.4 is 0 Å². The molecule has 0 aliphatic heterocycles. The highest BCUT2D eigenvalue weighted by Crippen LogP contribution is 2.37. The van der Waals surface area contributed by atoms with E-state index in [-0.39, 0.29) is 5.41 Å². The second kappa shape index (κ2) is 3.92. The van der Waals surface area contributed by atoms with Crippen LogP contribution in [0.25, 0.3) is 0 Å². The van der Waals surface area contributed by atoms with E-state index in [0.717, 1.165) is 30.6 Å². The Balaban J connectivity index is 2.59. The van der Waals surface area contributed by atoms with Gasteiger partial charge in [0.1, 0.15) is 5.76 Å². The first-order chi connectivity index (χ1) is 7.41. The van der Waals surface area contributed by atoms with Crippen molar-refractivity contribution in [2.24, 2.45) is 0 Å². The van der Waals surface area contributed by atoms with E-state index in [1.807, 2.05) is 0 Å². The van der Waals surface area contributed by atoms with Gasteiger partial charge in [0.2, 0.25) is 0 Å². The minimum Gasteiger partial charge on any atom is -0.455 e. The van der Waals surface area contributed by atoms with Crippen LogP contribution in [-0.2, 0) is 18.3 Å². The summed E-state index contributed by atoms with van der Waals surface area (Å²) in [6.45, 7) is 6.30. The quantitative estimate of drug-likeness (QED) is 0.699. The van der Waals surface area contributed by atoms with Crippen molar-refractivity contribution in [2.45, 2.75) is 51.9 Å². The number of fused-ring (bicyclic) bond motifs is 1. The minimum atomic E-state index is -0.464. The van der Waals surface area contributed by atoms with Gasteiger partial charge in [-0.05, 0) is 42.8 Å². The van der Waals surface area contributed by atoms with Crippen molar-refractivity contribution >= 4 is 16.8 Å². The molecule has 0 saturated carbocycles. The highest BCUT2D eigenvalue weighted by Gasteiger charge is 2.31. The average molecular weight is 241 g/mol. The number of hydrogen-bond donors (Lipinski definition) is 0. The second-order valence-electron chi connectivity index (χ2n) is 5.45. The van der Waals surface area contributed by atoms with E-state index >= 15 is 0 Å². The van der Waals surface area contributed by atoms with E-state index in [0.29, 0.717) is 5.76 Å². The van der Waals surface area contributed by atoms with Gasteiger partial charge in [0.05, 0.1) is 0 Å². The van der Waals surface area contributed by atoms with Gasteiger partial charge in [0.25, 0.3) is 5.24 Å². The molecule has 16 heavy (non-hydrogen) atoms. The summed E-state index contributed by atoms with van der Waals surface area (Å²) in [7, 11) is 0. The Morgan fingerprint density at radius 1 is 1.19 bits per heavy atom. The fourth-order valence-corrected chi connectivity index (χ4v) is 2.55. The van der Waals surface area contributed by atoms with Gasteiger partial charge >= 0.3 is 0 Å². The molecule has 1 aromatic heterocycles. The molecule has 0 spiro atoms. The van der Waals surface area contributed by atoms with Crippen molar-refractivity contribution in [1.29, 1.82) is 0 Å². The summed E-state index contributed by atoms with van der Waals surface area (Å²) in [6.07, 6.45) is 4.22. The smallest absolute Gasteiger partial charge is 0.288 e. The van der Waals surface area contributed by atoms with Crippen molar-refractivity contribution in [3.05, 3.63) is 22.6 Å². The summed E-state index contributed by atoms with van der Waals surface area (Å²) in [5.74, 6) is 1.31. The van der Waals surface area contributed by atoms with Gasteiger partial charge in [0, 0.05) is 11.0 Å². The van der Waals surface area contributed by atoms with Gasteiger partial charge in [-0.25, -0.2) is 0 Å². The molecule has 88 valence electrons. The van der Waals surface area contributed by atoms with E-state index in [4.69, 9.17) is 16.0 Å². The van der Waals surface area contributed by atoms with Crippen LogP contribution in [0, 0.1) is 0 Å². The van der Waals surface area contributed by atoms with Gasteiger partial charge in [-0.3, -0.25) is 4.79 Å². The van der Waals surface area contributed by atoms with Crippen molar-refractivity contribution in [1.82, 2.24) is 0 Å². The van der Waals surface area contributed by atoms with Crippen molar-refractivity contribution < 1.29 is 9.21 Å². The largest absolute Gasteiger partial charge is 0.455 e. The van der Waals surface area contributed by atoms with Crippen LogP contribution in [0.15, 0.2) is 4.42 Å². The van der Waals surface area contributed by atoms with E-state index in [9.17, 15) is 4.79 Å². The zero-order valence-corrected chi connectivity index (χ0v) is 10.8. The maximum atomic E-state index is 11.3. The van der Waals surface area contributed by atoms with Gasteiger partial charge in [-0.1, -0.05) is 20.8 Å². The molecular formula is C13H17ClO2. The Hall–Kier alpha value is -0.760. The van der Waals surface area contributed by atoms with Crippen molar-refractivity contribution in [3.8, 4) is 0 Å². The predicted octanol–water partition coefficient (Wildman–Crippen LogP) is 3.83. The van der Waals surface area contributed by atoms with Crippen LogP contribution in [0.1, 0.15) is 61.1 Å². The normalized spacial score (nSPS) is 16.0. The summed E-state index contributed by atoms with van der Waals surface area (Å²) in [5.41, 5.74) is 2.21. The molecule has 2 nitrogen and oxygen atoms in total. The molecule has 0 fully saturated rings. The van der Waals surface area contributed by atoms with Crippen LogP contribution in [0.3, 0.4) is 0 Å². The van der Waals surface area contributed by atoms with Gasteiger partial charge in [0.15, 0.2) is 5.76 Å². The topological polar surface area (TPSA) is 30.2 Å². The zero-order valence-electron chi connectivity index (χ0n) is 10.0. The highest BCUT2D eigenvalue weighted by atomic mass is 35.5. The molecular weight excluding hydrogens is 224 g/mol. The fourth-order valence-electron chi connectivity index (χ4n) is 2.40. The summed E-state index contributed by atoms with van der Waals surface area (Å²) in [4.78, 5) is 11.3. The number of hydrogen-bond acceptors (Lipinski definition) is 2. The lowest BCUT2D eigenvalue weighted by atomic mass is 9.84. The fraction of sp³-hybridized carbons (Fsp3) is 0.615. The summed E-state index contributed by atoms with van der Waals surface area (Å²) >= 11 is 5.57. The third-order valence-corrected chi connectivity index (χ3v) is 3.25. The summed E-state index contributed by atoms with van der Waals surface area (Å²) in [6, 6.07) is 0. The number of carbonyl (C=O) groups excluding carboxylic acids is 1. The lowest BCUT2D eigenvalue weighted by Gasteiger charge is -2.19. The Labute approximate surface area is 101 Å². The minimum absolute atomic E-state index is 0.0635. The Bertz CT molecular complexity index is 424. The van der Waals surface area contributed by atoms with E-state index in [1.54, 1.807) is 0 Å². The number of carbonyl (C=O) groups is 1. The molecule has 3 heteroatoms. The third-order valence-electron chi connectivity index (χ3n) is 3.08. The first-order valence-electron chi connectivity index (χ1n) is 5.76. The molecule has 0 amide bonds. The Morgan fingerprint density at radius 2 is 1.75 bits per heavy atom. The molecule has 0 saturated heterocycles. The van der Waals surface area contributed by atoms with Crippen LogP contribution >= 0.6 is 11.6 Å². The maximum Gasteiger partial charge on any atom is 0.288 e. The molecule has 0 atom stereocenters. The first-order valence-corrected chi connectivity index (χ1v) is 6.14. The first kappa shape index (κ1) is 11.7. The third kappa shape index (κ3) is 1.91. The molecule has 1 aliphatic rings. The van der Waals surface area contributed by atoms with E-state index in [1.165, 1.54) is 12.0 Å². The summed E-state index contributed by atoms with van der Waals surface area (Å²) < 4.78 is 5.71. The van der Waals surface area contributed by atoms with Gasteiger partial charge < -0.3 is 4.42 Å². The monoisotopic (exact) mass is 240 g/mol. The summed E-state index contributed by atoms with van der Waals surface area (Å²) in [5, 5.41) is -0.464. The molecule has 0 unspecified atom stereocenters. The van der Waals surface area contributed by atoms with E-state index in [2.05, 4.69) is 20.8 Å². The lowest BCUT2D eigenvalue weighted by Crippen LogP contribution is -2.14. The molecule has 1 heterocycles. The zero-order chi connectivity index (χ0) is 11.9. The molecule has 2 rings (SSSR count). The molecule has 0 aromatic carbocycles. The lowest BCUT2D eigenvalue weighted by molar-refractivity contribution is 0.105. The molecule has 0 bridgehead atoms. The standard InChI is InChI=1S/C13H17ClO2/c1-13(2,3)11-9-7-5-4-6-8(9)10(16-11)12(14)15/h4-7H2,1-3H3. The molecule has 1 aromatic rings. The Kier molecular flexibility index (Phi) is 2.87. The second-order valence-corrected chi connectivity index (χ2v) is 5.79. The number of furan rings is 1. The molecule has 0 N–H and O–H groups in total. The predicted molar refractivity (Wildman–Crippen MR) is 64.2 cm³/mol. The molecule has 1 aliphatic carbocycles.